The molecule has 0 spiro atoms. The van der Waals surface area contributed by atoms with Crippen molar-refractivity contribution >= 4 is 11.5 Å². The summed E-state index contributed by atoms with van der Waals surface area (Å²) in [4.78, 5) is 11.7. The lowest BCUT2D eigenvalue weighted by Crippen LogP contribution is -2.00. The molecule has 2 N–H and O–H groups in total. The number of anilines is 1. The number of hydrogen-bond acceptors (Lipinski definition) is 2. The second kappa shape index (κ2) is 8.51. The van der Waals surface area contributed by atoms with Crippen molar-refractivity contribution in [1.82, 2.24) is 0 Å². The normalized spacial score (nSPS) is 10.2. The minimum atomic E-state index is 0.366. The summed E-state index contributed by atoms with van der Waals surface area (Å²) in [6.45, 7) is 3.69. The van der Waals surface area contributed by atoms with Crippen molar-refractivity contribution in [3.63, 3.8) is 0 Å². The molecule has 0 aliphatic carbocycles. The molecule has 1 aromatic rings. The fourth-order valence-electron chi connectivity index (χ4n) is 1.88. The summed E-state index contributed by atoms with van der Waals surface area (Å²) in [6.07, 6.45) is 8.45. The van der Waals surface area contributed by atoms with Crippen molar-refractivity contribution in [2.24, 2.45) is 0 Å². The molecule has 0 unspecified atom stereocenters. The SMILES string of the molecule is C=CCCCCCC(=O)CCc1ccc(N)cc1. The van der Waals surface area contributed by atoms with Gasteiger partial charge in [0.1, 0.15) is 5.78 Å². The number of nitrogen functional groups attached to an aromatic ring is 1. The van der Waals surface area contributed by atoms with Crippen LogP contribution in [0.5, 0.6) is 0 Å². The maximum absolute atomic E-state index is 11.7. The second-order valence-electron chi connectivity index (χ2n) is 4.67. The summed E-state index contributed by atoms with van der Waals surface area (Å²) in [5.74, 6) is 0.366. The van der Waals surface area contributed by atoms with Crippen molar-refractivity contribution in [2.45, 2.75) is 44.9 Å². The van der Waals surface area contributed by atoms with Gasteiger partial charge in [-0.3, -0.25) is 4.79 Å². The molecule has 0 radical (unpaired) electrons. The van der Waals surface area contributed by atoms with Crippen LogP contribution < -0.4 is 5.73 Å². The van der Waals surface area contributed by atoms with Crippen LogP contribution in [0.4, 0.5) is 5.69 Å². The van der Waals surface area contributed by atoms with Crippen molar-refractivity contribution in [1.29, 1.82) is 0 Å². The van der Waals surface area contributed by atoms with Gasteiger partial charge in [-0.05, 0) is 43.4 Å². The Labute approximate surface area is 110 Å². The molecule has 98 valence electrons. The van der Waals surface area contributed by atoms with Gasteiger partial charge in [-0.1, -0.05) is 24.6 Å². The number of carbonyl (C=O) groups is 1. The molecule has 0 saturated heterocycles. The molecule has 0 atom stereocenters. The smallest absolute Gasteiger partial charge is 0.133 e. The van der Waals surface area contributed by atoms with E-state index >= 15 is 0 Å². The van der Waals surface area contributed by atoms with Gasteiger partial charge in [-0.25, -0.2) is 0 Å². The average Bonchev–Trinajstić information content (AvgIpc) is 2.38. The van der Waals surface area contributed by atoms with E-state index in [2.05, 4.69) is 6.58 Å². The first-order chi connectivity index (χ1) is 8.72. The van der Waals surface area contributed by atoms with E-state index in [0.29, 0.717) is 18.6 Å². The highest BCUT2D eigenvalue weighted by Crippen LogP contribution is 2.10. The van der Waals surface area contributed by atoms with Crippen LogP contribution in [0, 0.1) is 0 Å². The van der Waals surface area contributed by atoms with Crippen LogP contribution in [0.1, 0.15) is 44.1 Å². The van der Waals surface area contributed by atoms with Gasteiger partial charge < -0.3 is 5.73 Å². The highest BCUT2D eigenvalue weighted by molar-refractivity contribution is 5.78. The summed E-state index contributed by atoms with van der Waals surface area (Å²) in [5, 5.41) is 0. The second-order valence-corrected chi connectivity index (χ2v) is 4.67. The fraction of sp³-hybridized carbons (Fsp3) is 0.438. The monoisotopic (exact) mass is 245 g/mol. The molecule has 2 nitrogen and oxygen atoms in total. The van der Waals surface area contributed by atoms with Crippen LogP contribution in [0.15, 0.2) is 36.9 Å². The summed E-state index contributed by atoms with van der Waals surface area (Å²) in [5.41, 5.74) is 7.57. The Morgan fingerprint density at radius 3 is 2.50 bits per heavy atom. The predicted molar refractivity (Wildman–Crippen MR) is 77.5 cm³/mol. The highest BCUT2D eigenvalue weighted by atomic mass is 16.1. The van der Waals surface area contributed by atoms with E-state index in [4.69, 9.17) is 5.73 Å². The van der Waals surface area contributed by atoms with E-state index in [9.17, 15) is 4.79 Å². The number of aryl methyl sites for hydroxylation is 1. The number of unbranched alkanes of at least 4 members (excludes halogenated alkanes) is 3. The Balaban J connectivity index is 2.13. The number of allylic oxidation sites excluding steroid dienone is 1. The lowest BCUT2D eigenvalue weighted by molar-refractivity contribution is -0.119. The van der Waals surface area contributed by atoms with Gasteiger partial charge in [0.25, 0.3) is 0 Å². The third-order valence-electron chi connectivity index (χ3n) is 3.04. The van der Waals surface area contributed by atoms with E-state index in [1.807, 2.05) is 30.3 Å². The molecular formula is C16H23NO. The number of ketones is 1. The van der Waals surface area contributed by atoms with Gasteiger partial charge in [0.05, 0.1) is 0 Å². The molecule has 2 heteroatoms. The molecule has 18 heavy (non-hydrogen) atoms. The van der Waals surface area contributed by atoms with Gasteiger partial charge in [0.2, 0.25) is 0 Å². The zero-order valence-corrected chi connectivity index (χ0v) is 11.0. The van der Waals surface area contributed by atoms with E-state index < -0.39 is 0 Å². The molecule has 0 saturated carbocycles. The molecule has 1 rings (SSSR count). The van der Waals surface area contributed by atoms with Crippen LogP contribution >= 0.6 is 0 Å². The third-order valence-corrected chi connectivity index (χ3v) is 3.04. The number of Topliss-reactive ketones (excluding diaryl/α,β-unsaturated/α-hetero) is 1. The highest BCUT2D eigenvalue weighted by Gasteiger charge is 2.02. The third kappa shape index (κ3) is 6.24. The molecule has 0 fully saturated rings. The van der Waals surface area contributed by atoms with Crippen molar-refractivity contribution in [3.8, 4) is 0 Å². The van der Waals surface area contributed by atoms with E-state index in [-0.39, 0.29) is 0 Å². The summed E-state index contributed by atoms with van der Waals surface area (Å²) >= 11 is 0. The van der Waals surface area contributed by atoms with Gasteiger partial charge in [0, 0.05) is 18.5 Å². The standard InChI is InChI=1S/C16H23NO/c1-2-3-4-5-6-7-16(18)13-10-14-8-11-15(17)12-9-14/h2,8-9,11-12H,1,3-7,10,13,17H2. The zero-order valence-electron chi connectivity index (χ0n) is 11.0. The fourth-order valence-corrected chi connectivity index (χ4v) is 1.88. The predicted octanol–water partition coefficient (Wildman–Crippen LogP) is 3.91. The van der Waals surface area contributed by atoms with Gasteiger partial charge in [0.15, 0.2) is 0 Å². The minimum absolute atomic E-state index is 0.366. The quantitative estimate of drug-likeness (QED) is 0.407. The van der Waals surface area contributed by atoms with Crippen molar-refractivity contribution in [3.05, 3.63) is 42.5 Å². The van der Waals surface area contributed by atoms with Crippen LogP contribution in [-0.4, -0.2) is 5.78 Å². The first-order valence-electron chi connectivity index (χ1n) is 6.69. The van der Waals surface area contributed by atoms with Crippen LogP contribution in [0.2, 0.25) is 0 Å². The Kier molecular flexibility index (Phi) is 6.85. The molecule has 1 aromatic carbocycles. The molecule has 0 aromatic heterocycles. The van der Waals surface area contributed by atoms with Crippen LogP contribution in [-0.2, 0) is 11.2 Å². The maximum Gasteiger partial charge on any atom is 0.133 e. The molecular weight excluding hydrogens is 222 g/mol. The van der Waals surface area contributed by atoms with E-state index in [1.165, 1.54) is 5.56 Å². The van der Waals surface area contributed by atoms with Gasteiger partial charge >= 0.3 is 0 Å². The molecule has 0 amide bonds. The number of nitrogens with two attached hydrogens (primary N) is 1. The lowest BCUT2D eigenvalue weighted by atomic mass is 10.0. The topological polar surface area (TPSA) is 43.1 Å². The summed E-state index contributed by atoms with van der Waals surface area (Å²) in [7, 11) is 0. The Bertz CT molecular complexity index is 367. The Hall–Kier alpha value is -1.57. The molecule has 0 aliphatic heterocycles. The summed E-state index contributed by atoms with van der Waals surface area (Å²) in [6, 6.07) is 7.75. The first-order valence-corrected chi connectivity index (χ1v) is 6.69. The lowest BCUT2D eigenvalue weighted by Gasteiger charge is -2.02. The summed E-state index contributed by atoms with van der Waals surface area (Å²) < 4.78 is 0. The largest absolute Gasteiger partial charge is 0.399 e. The molecule has 0 bridgehead atoms. The number of hydrogen-bond donors (Lipinski definition) is 1. The number of carbonyl (C=O) groups excluding carboxylic acids is 1. The zero-order chi connectivity index (χ0) is 13.2. The van der Waals surface area contributed by atoms with Crippen LogP contribution in [0.25, 0.3) is 0 Å². The van der Waals surface area contributed by atoms with Gasteiger partial charge in [-0.2, -0.15) is 0 Å². The number of rotatable bonds is 9. The Morgan fingerprint density at radius 2 is 1.83 bits per heavy atom. The molecule has 0 heterocycles. The van der Waals surface area contributed by atoms with Crippen molar-refractivity contribution < 1.29 is 4.79 Å². The maximum atomic E-state index is 11.7. The number of benzene rings is 1. The first kappa shape index (κ1) is 14.5. The van der Waals surface area contributed by atoms with E-state index in [1.54, 1.807) is 0 Å². The average molecular weight is 245 g/mol. The molecule has 0 aliphatic rings. The minimum Gasteiger partial charge on any atom is -0.399 e. The van der Waals surface area contributed by atoms with E-state index in [0.717, 1.165) is 37.8 Å². The van der Waals surface area contributed by atoms with Crippen LogP contribution in [0.3, 0.4) is 0 Å². The van der Waals surface area contributed by atoms with Gasteiger partial charge in [-0.15, -0.1) is 6.58 Å². The Morgan fingerprint density at radius 1 is 1.11 bits per heavy atom. The van der Waals surface area contributed by atoms with Crippen molar-refractivity contribution in [2.75, 3.05) is 5.73 Å².